The highest BCUT2D eigenvalue weighted by Gasteiger charge is 2.25. The monoisotopic (exact) mass is 323 g/mol. The van der Waals surface area contributed by atoms with Crippen LogP contribution in [0, 0.1) is 5.92 Å². The summed E-state index contributed by atoms with van der Waals surface area (Å²) in [6, 6.07) is 5.42. The Bertz CT molecular complexity index is 729. The zero-order valence-corrected chi connectivity index (χ0v) is 13.6. The van der Waals surface area contributed by atoms with Gasteiger partial charge in [0.1, 0.15) is 5.69 Å². The minimum atomic E-state index is -0.0170. The Kier molecular flexibility index (Phi) is 4.26. The lowest BCUT2D eigenvalue weighted by atomic mass is 9.97. The number of fused-ring (bicyclic) bond motifs is 1. The SMILES string of the molecule is O=C(c1ccccn1)N1CCc2c(COCC3CC3)cncc2C1. The van der Waals surface area contributed by atoms with E-state index in [0.717, 1.165) is 30.1 Å². The minimum absolute atomic E-state index is 0.0170. The van der Waals surface area contributed by atoms with E-state index in [1.165, 1.54) is 18.4 Å². The highest BCUT2D eigenvalue weighted by atomic mass is 16.5. The first kappa shape index (κ1) is 15.3. The summed E-state index contributed by atoms with van der Waals surface area (Å²) in [6.07, 6.45) is 8.88. The van der Waals surface area contributed by atoms with E-state index in [1.54, 1.807) is 12.3 Å². The maximum Gasteiger partial charge on any atom is 0.272 e. The Labute approximate surface area is 141 Å². The number of rotatable bonds is 5. The summed E-state index contributed by atoms with van der Waals surface area (Å²) in [4.78, 5) is 22.9. The van der Waals surface area contributed by atoms with Crippen molar-refractivity contribution in [2.24, 2.45) is 5.92 Å². The Morgan fingerprint density at radius 2 is 2.21 bits per heavy atom. The molecular weight excluding hydrogens is 302 g/mol. The van der Waals surface area contributed by atoms with Gasteiger partial charge in [0.15, 0.2) is 0 Å². The largest absolute Gasteiger partial charge is 0.376 e. The van der Waals surface area contributed by atoms with E-state index < -0.39 is 0 Å². The average Bonchev–Trinajstić information content (AvgIpc) is 3.46. The first-order valence-electron chi connectivity index (χ1n) is 8.54. The van der Waals surface area contributed by atoms with Gasteiger partial charge in [-0.05, 0) is 54.0 Å². The van der Waals surface area contributed by atoms with E-state index in [9.17, 15) is 4.79 Å². The molecule has 1 saturated carbocycles. The Hall–Kier alpha value is -2.27. The van der Waals surface area contributed by atoms with E-state index in [2.05, 4.69) is 9.97 Å². The number of hydrogen-bond donors (Lipinski definition) is 0. The van der Waals surface area contributed by atoms with Gasteiger partial charge in [-0.25, -0.2) is 0 Å². The lowest BCUT2D eigenvalue weighted by Crippen LogP contribution is -2.36. The van der Waals surface area contributed by atoms with E-state index in [1.807, 2.05) is 29.4 Å². The van der Waals surface area contributed by atoms with Crippen LogP contribution in [0.15, 0.2) is 36.8 Å². The quantitative estimate of drug-likeness (QED) is 0.849. The standard InChI is InChI=1S/C19H21N3O2/c23-19(18-3-1-2-7-21-18)22-8-6-17-15(11-22)9-20-10-16(17)13-24-12-14-4-5-14/h1-3,7,9-10,14H,4-6,8,11-13H2. The lowest BCUT2D eigenvalue weighted by molar-refractivity contribution is 0.0726. The third-order valence-electron chi connectivity index (χ3n) is 4.71. The van der Waals surface area contributed by atoms with Crippen molar-refractivity contribution in [3.63, 3.8) is 0 Å². The van der Waals surface area contributed by atoms with Gasteiger partial charge in [-0.15, -0.1) is 0 Å². The molecule has 4 rings (SSSR count). The van der Waals surface area contributed by atoms with Gasteiger partial charge in [-0.1, -0.05) is 6.07 Å². The van der Waals surface area contributed by atoms with Crippen molar-refractivity contribution in [1.82, 2.24) is 14.9 Å². The van der Waals surface area contributed by atoms with Crippen molar-refractivity contribution < 1.29 is 9.53 Å². The number of nitrogens with zero attached hydrogens (tertiary/aromatic N) is 3. The molecule has 1 amide bonds. The maximum atomic E-state index is 12.6. The number of aromatic nitrogens is 2. The predicted octanol–water partition coefficient (Wildman–Crippen LogP) is 2.60. The molecule has 0 atom stereocenters. The molecule has 5 heteroatoms. The van der Waals surface area contributed by atoms with Crippen LogP contribution >= 0.6 is 0 Å². The maximum absolute atomic E-state index is 12.6. The van der Waals surface area contributed by atoms with Crippen LogP contribution in [0.5, 0.6) is 0 Å². The number of pyridine rings is 2. The third kappa shape index (κ3) is 3.31. The summed E-state index contributed by atoms with van der Waals surface area (Å²) in [5.74, 6) is 0.751. The molecule has 0 aromatic carbocycles. The highest BCUT2D eigenvalue weighted by molar-refractivity contribution is 5.92. The summed E-state index contributed by atoms with van der Waals surface area (Å²) in [5.41, 5.74) is 4.08. The number of ether oxygens (including phenoxy) is 1. The summed E-state index contributed by atoms with van der Waals surface area (Å²) < 4.78 is 5.82. The van der Waals surface area contributed by atoms with Crippen molar-refractivity contribution in [1.29, 1.82) is 0 Å². The molecule has 0 radical (unpaired) electrons. The molecule has 2 aliphatic rings. The minimum Gasteiger partial charge on any atom is -0.376 e. The van der Waals surface area contributed by atoms with Crippen molar-refractivity contribution in [2.75, 3.05) is 13.2 Å². The topological polar surface area (TPSA) is 55.3 Å². The van der Waals surface area contributed by atoms with E-state index in [0.29, 0.717) is 25.4 Å². The molecule has 0 bridgehead atoms. The van der Waals surface area contributed by atoms with Crippen LogP contribution in [0.2, 0.25) is 0 Å². The Morgan fingerprint density at radius 1 is 1.29 bits per heavy atom. The molecule has 5 nitrogen and oxygen atoms in total. The first-order valence-corrected chi connectivity index (χ1v) is 8.54. The van der Waals surface area contributed by atoms with Gasteiger partial charge < -0.3 is 9.64 Å². The molecule has 2 aromatic heterocycles. The van der Waals surface area contributed by atoms with Crippen LogP contribution in [0.3, 0.4) is 0 Å². The van der Waals surface area contributed by atoms with Gasteiger partial charge >= 0.3 is 0 Å². The number of hydrogen-bond acceptors (Lipinski definition) is 4. The van der Waals surface area contributed by atoms with Crippen LogP contribution in [0.25, 0.3) is 0 Å². The second kappa shape index (κ2) is 6.69. The van der Waals surface area contributed by atoms with Gasteiger partial charge in [-0.2, -0.15) is 0 Å². The molecule has 1 fully saturated rings. The molecular formula is C19H21N3O2. The second-order valence-corrected chi connectivity index (χ2v) is 6.59. The molecule has 1 aliphatic heterocycles. The smallest absolute Gasteiger partial charge is 0.272 e. The Morgan fingerprint density at radius 3 is 3.00 bits per heavy atom. The molecule has 1 aliphatic carbocycles. The fourth-order valence-corrected chi connectivity index (χ4v) is 3.14. The average molecular weight is 323 g/mol. The highest BCUT2D eigenvalue weighted by Crippen LogP contribution is 2.29. The van der Waals surface area contributed by atoms with Crippen LogP contribution in [-0.4, -0.2) is 33.9 Å². The molecule has 0 spiro atoms. The fourth-order valence-electron chi connectivity index (χ4n) is 3.14. The first-order chi connectivity index (χ1) is 11.8. The summed E-state index contributed by atoms with van der Waals surface area (Å²) >= 11 is 0. The molecule has 124 valence electrons. The normalized spacial score (nSPS) is 16.8. The molecule has 0 N–H and O–H groups in total. The molecule has 24 heavy (non-hydrogen) atoms. The fraction of sp³-hybridized carbons (Fsp3) is 0.421. The predicted molar refractivity (Wildman–Crippen MR) is 89.3 cm³/mol. The molecule has 0 saturated heterocycles. The van der Waals surface area contributed by atoms with E-state index >= 15 is 0 Å². The van der Waals surface area contributed by atoms with Crippen LogP contribution in [0.4, 0.5) is 0 Å². The zero-order valence-electron chi connectivity index (χ0n) is 13.6. The molecule has 3 heterocycles. The molecule has 2 aromatic rings. The van der Waals surface area contributed by atoms with Gasteiger partial charge in [0.25, 0.3) is 5.91 Å². The molecule has 0 unspecified atom stereocenters. The van der Waals surface area contributed by atoms with Crippen molar-refractivity contribution in [3.8, 4) is 0 Å². The number of amides is 1. The van der Waals surface area contributed by atoms with Crippen LogP contribution in [-0.2, 0) is 24.3 Å². The van der Waals surface area contributed by atoms with Crippen LogP contribution in [0.1, 0.15) is 40.0 Å². The van der Waals surface area contributed by atoms with E-state index in [-0.39, 0.29) is 5.91 Å². The summed E-state index contributed by atoms with van der Waals surface area (Å²) in [5, 5.41) is 0. The van der Waals surface area contributed by atoms with Crippen LogP contribution < -0.4 is 0 Å². The van der Waals surface area contributed by atoms with Gasteiger partial charge in [0, 0.05) is 38.3 Å². The van der Waals surface area contributed by atoms with Crippen molar-refractivity contribution in [2.45, 2.75) is 32.4 Å². The number of carbonyl (C=O) groups excluding carboxylic acids is 1. The zero-order chi connectivity index (χ0) is 16.4. The third-order valence-corrected chi connectivity index (χ3v) is 4.71. The van der Waals surface area contributed by atoms with E-state index in [4.69, 9.17) is 4.74 Å². The Balaban J connectivity index is 1.45. The second-order valence-electron chi connectivity index (χ2n) is 6.59. The number of carbonyl (C=O) groups is 1. The van der Waals surface area contributed by atoms with Crippen molar-refractivity contribution in [3.05, 3.63) is 59.2 Å². The van der Waals surface area contributed by atoms with Gasteiger partial charge in [-0.3, -0.25) is 14.8 Å². The van der Waals surface area contributed by atoms with Gasteiger partial charge in [0.2, 0.25) is 0 Å². The lowest BCUT2D eigenvalue weighted by Gasteiger charge is -2.29. The van der Waals surface area contributed by atoms with Gasteiger partial charge in [0.05, 0.1) is 6.61 Å². The summed E-state index contributed by atoms with van der Waals surface area (Å²) in [7, 11) is 0. The summed E-state index contributed by atoms with van der Waals surface area (Å²) in [6.45, 7) is 2.78. The van der Waals surface area contributed by atoms with Crippen molar-refractivity contribution >= 4 is 5.91 Å².